The molecule has 0 saturated carbocycles. The molecule has 1 saturated heterocycles. The number of methoxy groups -OCH3 is 1. The molecule has 0 atom stereocenters. The molecule has 1 aliphatic rings. The highest BCUT2D eigenvalue weighted by molar-refractivity contribution is 9.09. The van der Waals surface area contributed by atoms with Gasteiger partial charge in [0.05, 0.1) is 13.7 Å². The Morgan fingerprint density at radius 2 is 2.22 bits per heavy atom. The molecular formula is C12H17BrN2O3. The third-order valence-corrected chi connectivity index (χ3v) is 4.56. The van der Waals surface area contributed by atoms with Crippen LogP contribution in [0.25, 0.3) is 0 Å². The molecule has 1 aromatic heterocycles. The van der Waals surface area contributed by atoms with Crippen LogP contribution in [0.2, 0.25) is 0 Å². The van der Waals surface area contributed by atoms with Crippen molar-refractivity contribution in [3.63, 3.8) is 0 Å². The first-order valence-electron chi connectivity index (χ1n) is 5.95. The minimum atomic E-state index is -0.0948. The number of hydrogen-bond acceptors (Lipinski definition) is 4. The minimum Gasteiger partial charge on any atom is -0.480 e. The molecule has 18 heavy (non-hydrogen) atoms. The van der Waals surface area contributed by atoms with Crippen LogP contribution < -0.4 is 10.3 Å². The van der Waals surface area contributed by atoms with E-state index in [2.05, 4.69) is 21.0 Å². The molecule has 6 heteroatoms. The van der Waals surface area contributed by atoms with Gasteiger partial charge in [0.1, 0.15) is 0 Å². The molecule has 1 fully saturated rings. The van der Waals surface area contributed by atoms with E-state index < -0.39 is 0 Å². The number of ether oxygens (including phenoxy) is 2. The highest BCUT2D eigenvalue weighted by Gasteiger charge is 2.32. The summed E-state index contributed by atoms with van der Waals surface area (Å²) in [6.45, 7) is 2.08. The third-order valence-electron chi connectivity index (χ3n) is 3.37. The van der Waals surface area contributed by atoms with Gasteiger partial charge in [-0.05, 0) is 12.8 Å². The quantitative estimate of drug-likeness (QED) is 0.789. The van der Waals surface area contributed by atoms with Crippen LogP contribution in [-0.2, 0) is 11.3 Å². The minimum absolute atomic E-state index is 0.0431. The second-order valence-corrected chi connectivity index (χ2v) is 5.18. The van der Waals surface area contributed by atoms with E-state index in [4.69, 9.17) is 9.47 Å². The smallest absolute Gasteiger partial charge is 0.266 e. The average molecular weight is 317 g/mol. The molecule has 0 bridgehead atoms. The molecule has 0 amide bonds. The van der Waals surface area contributed by atoms with E-state index in [-0.39, 0.29) is 11.0 Å². The van der Waals surface area contributed by atoms with E-state index >= 15 is 0 Å². The number of alkyl halides is 1. The van der Waals surface area contributed by atoms with Crippen molar-refractivity contribution in [2.45, 2.75) is 19.4 Å². The van der Waals surface area contributed by atoms with Crippen LogP contribution in [0.1, 0.15) is 12.8 Å². The van der Waals surface area contributed by atoms with Crippen molar-refractivity contribution in [3.05, 3.63) is 22.5 Å². The van der Waals surface area contributed by atoms with E-state index in [0.717, 1.165) is 31.4 Å². The summed E-state index contributed by atoms with van der Waals surface area (Å²) in [5.74, 6) is 0.464. The Hall–Kier alpha value is -0.880. The summed E-state index contributed by atoms with van der Waals surface area (Å²) in [5.41, 5.74) is -0.0517. The molecule has 0 unspecified atom stereocenters. The van der Waals surface area contributed by atoms with Gasteiger partial charge in [-0.1, -0.05) is 15.9 Å². The average Bonchev–Trinajstić information content (AvgIpc) is 2.42. The number of aromatic nitrogens is 2. The molecule has 0 aliphatic carbocycles. The Bertz CT molecular complexity index is 455. The maximum Gasteiger partial charge on any atom is 0.266 e. The molecule has 2 heterocycles. The molecule has 1 aromatic rings. The second kappa shape index (κ2) is 5.84. The second-order valence-electron chi connectivity index (χ2n) is 4.62. The van der Waals surface area contributed by atoms with Crippen molar-refractivity contribution < 1.29 is 9.47 Å². The van der Waals surface area contributed by atoms with Crippen LogP contribution >= 0.6 is 15.9 Å². The predicted octanol–water partition coefficient (Wildman–Crippen LogP) is 1.44. The fourth-order valence-electron chi connectivity index (χ4n) is 2.11. The van der Waals surface area contributed by atoms with Crippen LogP contribution in [0.15, 0.2) is 16.9 Å². The van der Waals surface area contributed by atoms with Gasteiger partial charge >= 0.3 is 0 Å². The van der Waals surface area contributed by atoms with E-state index in [1.54, 1.807) is 13.2 Å². The van der Waals surface area contributed by atoms with Gasteiger partial charge in [-0.3, -0.25) is 4.79 Å². The first-order chi connectivity index (χ1) is 8.69. The number of nitrogens with zero attached hydrogens (tertiary/aromatic N) is 2. The van der Waals surface area contributed by atoms with Crippen LogP contribution in [0, 0.1) is 5.41 Å². The lowest BCUT2D eigenvalue weighted by Crippen LogP contribution is -2.39. The van der Waals surface area contributed by atoms with Crippen molar-refractivity contribution in [2.75, 3.05) is 25.7 Å². The van der Waals surface area contributed by atoms with Gasteiger partial charge in [-0.2, -0.15) is 0 Å². The van der Waals surface area contributed by atoms with E-state index in [9.17, 15) is 4.79 Å². The fourth-order valence-corrected chi connectivity index (χ4v) is 2.85. The van der Waals surface area contributed by atoms with Gasteiger partial charge in [0, 0.05) is 36.1 Å². The van der Waals surface area contributed by atoms with Crippen LogP contribution in [0.3, 0.4) is 0 Å². The molecular weight excluding hydrogens is 300 g/mol. The van der Waals surface area contributed by atoms with Gasteiger partial charge in [0.25, 0.3) is 5.56 Å². The summed E-state index contributed by atoms with van der Waals surface area (Å²) in [5, 5.41) is 5.04. The van der Waals surface area contributed by atoms with Gasteiger partial charge in [-0.15, -0.1) is 5.10 Å². The fraction of sp³-hybridized carbons (Fsp3) is 0.667. The number of hydrogen-bond donors (Lipinski definition) is 0. The predicted molar refractivity (Wildman–Crippen MR) is 71.3 cm³/mol. The van der Waals surface area contributed by atoms with Gasteiger partial charge in [0.2, 0.25) is 5.88 Å². The van der Waals surface area contributed by atoms with Gasteiger partial charge < -0.3 is 9.47 Å². The van der Waals surface area contributed by atoms with Crippen LogP contribution in [0.5, 0.6) is 5.88 Å². The Kier molecular flexibility index (Phi) is 4.40. The van der Waals surface area contributed by atoms with Gasteiger partial charge in [-0.25, -0.2) is 4.68 Å². The Morgan fingerprint density at radius 1 is 1.50 bits per heavy atom. The van der Waals surface area contributed by atoms with E-state index in [0.29, 0.717) is 12.4 Å². The molecule has 1 aliphatic heterocycles. The van der Waals surface area contributed by atoms with Crippen molar-refractivity contribution in [2.24, 2.45) is 5.41 Å². The maximum atomic E-state index is 11.8. The lowest BCUT2D eigenvalue weighted by molar-refractivity contribution is 0.0160. The topological polar surface area (TPSA) is 53.4 Å². The van der Waals surface area contributed by atoms with Crippen LogP contribution in [0.4, 0.5) is 0 Å². The third kappa shape index (κ3) is 2.92. The standard InChI is InChI=1S/C12H17BrN2O3/c1-17-10-2-3-11(16)15(14-10)9-12(8-13)4-6-18-7-5-12/h2-3H,4-9H2,1H3. The first-order valence-corrected chi connectivity index (χ1v) is 7.07. The molecule has 100 valence electrons. The van der Waals surface area contributed by atoms with Crippen molar-refractivity contribution in [1.29, 1.82) is 0 Å². The summed E-state index contributed by atoms with van der Waals surface area (Å²) in [6.07, 6.45) is 1.87. The Balaban J connectivity index is 2.23. The summed E-state index contributed by atoms with van der Waals surface area (Å²) in [6, 6.07) is 3.08. The molecule has 0 aromatic carbocycles. The van der Waals surface area contributed by atoms with Gasteiger partial charge in [0.15, 0.2) is 0 Å². The molecule has 2 rings (SSSR count). The van der Waals surface area contributed by atoms with Crippen molar-refractivity contribution in [3.8, 4) is 5.88 Å². The Labute approximate surface area is 114 Å². The summed E-state index contributed by atoms with van der Waals surface area (Å²) in [4.78, 5) is 11.8. The Morgan fingerprint density at radius 3 is 2.83 bits per heavy atom. The lowest BCUT2D eigenvalue weighted by atomic mass is 9.82. The largest absolute Gasteiger partial charge is 0.480 e. The molecule has 0 N–H and O–H groups in total. The zero-order valence-electron chi connectivity index (χ0n) is 10.4. The molecule has 0 spiro atoms. The van der Waals surface area contributed by atoms with Crippen molar-refractivity contribution >= 4 is 15.9 Å². The van der Waals surface area contributed by atoms with E-state index in [1.807, 2.05) is 0 Å². The highest BCUT2D eigenvalue weighted by atomic mass is 79.9. The monoisotopic (exact) mass is 316 g/mol. The van der Waals surface area contributed by atoms with Crippen LogP contribution in [-0.4, -0.2) is 35.4 Å². The normalized spacial score (nSPS) is 18.6. The van der Waals surface area contributed by atoms with E-state index in [1.165, 1.54) is 10.7 Å². The summed E-state index contributed by atoms with van der Waals surface area (Å²) in [7, 11) is 1.55. The van der Waals surface area contributed by atoms with Crippen molar-refractivity contribution in [1.82, 2.24) is 9.78 Å². The molecule has 0 radical (unpaired) electrons. The zero-order valence-corrected chi connectivity index (χ0v) is 12.0. The maximum absolute atomic E-state index is 11.8. The first kappa shape index (κ1) is 13.5. The number of rotatable bonds is 4. The molecule has 5 nitrogen and oxygen atoms in total. The summed E-state index contributed by atoms with van der Waals surface area (Å²) >= 11 is 3.56. The summed E-state index contributed by atoms with van der Waals surface area (Å²) < 4.78 is 11.9. The zero-order chi connectivity index (χ0) is 13.0. The lowest BCUT2D eigenvalue weighted by Gasteiger charge is -2.35. The highest BCUT2D eigenvalue weighted by Crippen LogP contribution is 2.33. The SMILES string of the molecule is COc1ccc(=O)n(CC2(CBr)CCOCC2)n1. The number of halogens is 1.